The standard InChI is InChI=1S/C17H35NO6S/c1-2-3-4-5-6-7-8-9-10-11-17(20)24-15-16(19)14-18-12-13-25(21,22)23/h16,18-19H,2-15H2,1H3,(H,21,22,23). The van der Waals surface area contributed by atoms with Gasteiger partial charge in [-0.25, -0.2) is 0 Å². The van der Waals surface area contributed by atoms with Gasteiger partial charge in [0.2, 0.25) is 0 Å². The number of esters is 1. The molecule has 0 aromatic heterocycles. The van der Waals surface area contributed by atoms with E-state index in [0.717, 1.165) is 19.3 Å². The Hall–Kier alpha value is -0.700. The number of carbonyl (C=O) groups is 1. The van der Waals surface area contributed by atoms with Crippen molar-refractivity contribution in [1.29, 1.82) is 0 Å². The molecule has 0 aromatic rings. The molecule has 0 aliphatic rings. The zero-order valence-electron chi connectivity index (χ0n) is 15.4. The van der Waals surface area contributed by atoms with Crippen molar-refractivity contribution < 1.29 is 27.6 Å². The molecule has 0 rings (SSSR count). The van der Waals surface area contributed by atoms with Crippen molar-refractivity contribution >= 4 is 16.1 Å². The van der Waals surface area contributed by atoms with Gasteiger partial charge in [-0.05, 0) is 6.42 Å². The highest BCUT2D eigenvalue weighted by molar-refractivity contribution is 7.85. The van der Waals surface area contributed by atoms with Crippen LogP contribution in [0.3, 0.4) is 0 Å². The van der Waals surface area contributed by atoms with Crippen LogP contribution in [0.5, 0.6) is 0 Å². The van der Waals surface area contributed by atoms with Gasteiger partial charge in [-0.2, -0.15) is 8.42 Å². The van der Waals surface area contributed by atoms with E-state index < -0.39 is 22.0 Å². The topological polar surface area (TPSA) is 113 Å². The van der Waals surface area contributed by atoms with Crippen molar-refractivity contribution in [2.24, 2.45) is 0 Å². The van der Waals surface area contributed by atoms with Gasteiger partial charge >= 0.3 is 5.97 Å². The van der Waals surface area contributed by atoms with Crippen LogP contribution in [0.2, 0.25) is 0 Å². The maximum absolute atomic E-state index is 11.5. The Bertz CT molecular complexity index is 427. The van der Waals surface area contributed by atoms with Gasteiger partial charge in [0.25, 0.3) is 10.1 Å². The average molecular weight is 382 g/mol. The summed E-state index contributed by atoms with van der Waals surface area (Å²) in [6.07, 6.45) is 10.1. The third-order valence-electron chi connectivity index (χ3n) is 3.84. The molecule has 8 heteroatoms. The lowest BCUT2D eigenvalue weighted by Gasteiger charge is -2.12. The molecule has 0 heterocycles. The highest BCUT2D eigenvalue weighted by Crippen LogP contribution is 2.10. The fourth-order valence-corrected chi connectivity index (χ4v) is 2.77. The zero-order chi connectivity index (χ0) is 19.0. The Balaban J connectivity index is 3.42. The molecule has 0 aliphatic carbocycles. The molecule has 0 bridgehead atoms. The van der Waals surface area contributed by atoms with Crippen LogP contribution in [0.15, 0.2) is 0 Å². The Morgan fingerprint density at radius 3 is 2.16 bits per heavy atom. The van der Waals surface area contributed by atoms with E-state index in [9.17, 15) is 18.3 Å². The molecule has 7 nitrogen and oxygen atoms in total. The summed E-state index contributed by atoms with van der Waals surface area (Å²) in [7, 11) is -4.00. The smallest absolute Gasteiger partial charge is 0.305 e. The predicted molar refractivity (Wildman–Crippen MR) is 98.1 cm³/mol. The summed E-state index contributed by atoms with van der Waals surface area (Å²) >= 11 is 0. The number of ether oxygens (including phenoxy) is 1. The highest BCUT2D eigenvalue weighted by atomic mass is 32.2. The largest absolute Gasteiger partial charge is 0.463 e. The second kappa shape index (κ2) is 15.5. The molecule has 0 amide bonds. The lowest BCUT2D eigenvalue weighted by Crippen LogP contribution is -2.33. The minimum atomic E-state index is -4.00. The van der Waals surface area contributed by atoms with E-state index in [1.165, 1.54) is 38.5 Å². The van der Waals surface area contributed by atoms with Gasteiger partial charge in [-0.1, -0.05) is 58.3 Å². The minimum absolute atomic E-state index is 0.0300. The summed E-state index contributed by atoms with van der Waals surface area (Å²) in [4.78, 5) is 11.5. The summed E-state index contributed by atoms with van der Waals surface area (Å²) in [5, 5.41) is 12.3. The number of hydrogen-bond acceptors (Lipinski definition) is 6. The molecular formula is C17H35NO6S. The second-order valence-corrected chi connectivity index (χ2v) is 7.98. The first-order valence-electron chi connectivity index (χ1n) is 9.34. The Kier molecular flexibility index (Phi) is 15.1. The second-order valence-electron chi connectivity index (χ2n) is 6.41. The molecule has 150 valence electrons. The van der Waals surface area contributed by atoms with Crippen LogP contribution in [0.4, 0.5) is 0 Å². The molecule has 3 N–H and O–H groups in total. The number of unbranched alkanes of at least 4 members (excludes halogenated alkanes) is 8. The van der Waals surface area contributed by atoms with Gasteiger partial charge in [0.05, 0.1) is 5.75 Å². The average Bonchev–Trinajstić information content (AvgIpc) is 2.54. The van der Waals surface area contributed by atoms with Gasteiger partial charge in [0, 0.05) is 19.5 Å². The number of aliphatic hydroxyl groups is 1. The van der Waals surface area contributed by atoms with Crippen LogP contribution >= 0.6 is 0 Å². The molecule has 25 heavy (non-hydrogen) atoms. The number of hydrogen-bond donors (Lipinski definition) is 3. The summed E-state index contributed by atoms with van der Waals surface area (Å²) in [6, 6.07) is 0. The van der Waals surface area contributed by atoms with Crippen LogP contribution in [-0.4, -0.2) is 55.6 Å². The maximum atomic E-state index is 11.5. The molecule has 0 saturated heterocycles. The van der Waals surface area contributed by atoms with E-state index in [0.29, 0.717) is 6.42 Å². The van der Waals surface area contributed by atoms with Gasteiger partial charge < -0.3 is 15.2 Å². The Morgan fingerprint density at radius 1 is 1.04 bits per heavy atom. The van der Waals surface area contributed by atoms with E-state index >= 15 is 0 Å². The molecule has 0 saturated carbocycles. The van der Waals surface area contributed by atoms with Crippen molar-refractivity contribution in [2.45, 2.75) is 77.2 Å². The number of nitrogens with one attached hydrogen (secondary N) is 1. The van der Waals surface area contributed by atoms with Gasteiger partial charge in [-0.15, -0.1) is 0 Å². The van der Waals surface area contributed by atoms with E-state index in [1.54, 1.807) is 0 Å². The van der Waals surface area contributed by atoms with Crippen molar-refractivity contribution in [1.82, 2.24) is 5.32 Å². The molecule has 0 aromatic carbocycles. The third kappa shape index (κ3) is 19.5. The molecule has 1 unspecified atom stereocenters. The summed E-state index contributed by atoms with van der Waals surface area (Å²) in [5.41, 5.74) is 0. The summed E-state index contributed by atoms with van der Waals surface area (Å²) in [5.74, 6) is -0.738. The van der Waals surface area contributed by atoms with E-state index in [1.807, 2.05) is 0 Å². The molecule has 1 atom stereocenters. The van der Waals surface area contributed by atoms with E-state index in [-0.39, 0.29) is 25.7 Å². The highest BCUT2D eigenvalue weighted by Gasteiger charge is 2.09. The quantitative estimate of drug-likeness (QED) is 0.201. The van der Waals surface area contributed by atoms with E-state index in [4.69, 9.17) is 9.29 Å². The summed E-state index contributed by atoms with van der Waals surface area (Å²) in [6.45, 7) is 2.22. The van der Waals surface area contributed by atoms with Crippen LogP contribution < -0.4 is 5.32 Å². The summed E-state index contributed by atoms with van der Waals surface area (Å²) < 4.78 is 34.5. The first-order valence-corrected chi connectivity index (χ1v) is 11.0. The number of carbonyl (C=O) groups excluding carboxylic acids is 1. The normalized spacial score (nSPS) is 12.9. The van der Waals surface area contributed by atoms with E-state index in [2.05, 4.69) is 12.2 Å². The minimum Gasteiger partial charge on any atom is -0.463 e. The SMILES string of the molecule is CCCCCCCCCCCC(=O)OCC(O)CNCCS(=O)(=O)O. The van der Waals surface area contributed by atoms with Crippen molar-refractivity contribution in [3.8, 4) is 0 Å². The van der Waals surface area contributed by atoms with Gasteiger partial charge in [0.1, 0.15) is 12.7 Å². The Morgan fingerprint density at radius 2 is 1.60 bits per heavy atom. The predicted octanol–water partition coefficient (Wildman–Crippen LogP) is 2.29. The van der Waals surface area contributed by atoms with Crippen LogP contribution in [0.1, 0.15) is 71.1 Å². The molecule has 0 spiro atoms. The van der Waals surface area contributed by atoms with Gasteiger partial charge in [0.15, 0.2) is 0 Å². The molecular weight excluding hydrogens is 346 g/mol. The number of rotatable bonds is 17. The third-order valence-corrected chi connectivity index (χ3v) is 4.56. The molecule has 0 aliphatic heterocycles. The Labute approximate surface area is 152 Å². The lowest BCUT2D eigenvalue weighted by atomic mass is 10.1. The maximum Gasteiger partial charge on any atom is 0.305 e. The van der Waals surface area contributed by atoms with Gasteiger partial charge in [-0.3, -0.25) is 9.35 Å². The van der Waals surface area contributed by atoms with Crippen molar-refractivity contribution in [3.05, 3.63) is 0 Å². The fourth-order valence-electron chi connectivity index (χ4n) is 2.37. The van der Waals surface area contributed by atoms with Crippen LogP contribution in [0.25, 0.3) is 0 Å². The monoisotopic (exact) mass is 381 g/mol. The van der Waals surface area contributed by atoms with Crippen molar-refractivity contribution in [2.75, 3.05) is 25.4 Å². The van der Waals surface area contributed by atoms with Crippen molar-refractivity contribution in [3.63, 3.8) is 0 Å². The molecule has 0 radical (unpaired) electrons. The zero-order valence-corrected chi connectivity index (χ0v) is 16.2. The van der Waals surface area contributed by atoms with Crippen LogP contribution in [-0.2, 0) is 19.6 Å². The molecule has 0 fully saturated rings. The first kappa shape index (κ1) is 24.3. The number of aliphatic hydroxyl groups excluding tert-OH is 1. The lowest BCUT2D eigenvalue weighted by molar-refractivity contribution is -0.146. The van der Waals surface area contributed by atoms with Crippen LogP contribution in [0, 0.1) is 0 Å². The first-order chi connectivity index (χ1) is 11.8. The fraction of sp³-hybridized carbons (Fsp3) is 0.941.